The molecule has 0 aliphatic carbocycles. The molecule has 5 aromatic rings. The molecular weight excluding hydrogens is 440 g/mol. The minimum absolute atomic E-state index is 0.0541. The average molecular weight is 484 g/mol. The van der Waals surface area contributed by atoms with Crippen LogP contribution in [0.1, 0.15) is 85.2 Å². The highest BCUT2D eigenvalue weighted by Crippen LogP contribution is 2.39. The highest BCUT2D eigenvalue weighted by atomic mass is 16.3. The number of pyridine rings is 2. The van der Waals surface area contributed by atoms with Crippen molar-refractivity contribution >= 4 is 22.1 Å². The Balaban J connectivity index is 1.73. The molecule has 0 N–H and O–H groups in total. The largest absolute Gasteiger partial charge is 0.437 e. The van der Waals surface area contributed by atoms with Crippen molar-refractivity contribution in [2.45, 2.75) is 66.6 Å². The van der Waals surface area contributed by atoms with E-state index in [9.17, 15) is 0 Å². The number of rotatable bonds is 6. The van der Waals surface area contributed by atoms with Crippen LogP contribution in [0.4, 0.5) is 0 Å². The monoisotopic (exact) mass is 483 g/mol. The number of furan rings is 1. The Bertz CT molecular complexity index is 1810. The van der Waals surface area contributed by atoms with Gasteiger partial charge < -0.3 is 4.42 Å². The molecule has 0 amide bonds. The first kappa shape index (κ1) is 17.1. The number of hydrogen-bond donors (Lipinski definition) is 0. The molecule has 0 saturated carbocycles. The molecule has 3 heteroatoms. The Morgan fingerprint density at radius 3 is 2.28 bits per heavy atom. The molecule has 0 bridgehead atoms. The molecule has 0 unspecified atom stereocenters. The van der Waals surface area contributed by atoms with Gasteiger partial charge in [0.1, 0.15) is 5.58 Å². The van der Waals surface area contributed by atoms with Crippen LogP contribution in [0.3, 0.4) is 0 Å². The lowest BCUT2D eigenvalue weighted by molar-refractivity contribution is 0.643. The van der Waals surface area contributed by atoms with E-state index in [1.54, 1.807) is 19.9 Å². The summed E-state index contributed by atoms with van der Waals surface area (Å²) in [5.74, 6) is -2.32. The molecule has 0 atom stereocenters. The summed E-state index contributed by atoms with van der Waals surface area (Å²) < 4.78 is 65.5. The van der Waals surface area contributed by atoms with Gasteiger partial charge in [-0.3, -0.25) is 4.98 Å². The minimum Gasteiger partial charge on any atom is -0.437 e. The summed E-state index contributed by atoms with van der Waals surface area (Å²) in [5.41, 5.74) is 4.62. The van der Waals surface area contributed by atoms with Crippen molar-refractivity contribution in [3.8, 4) is 22.5 Å². The number of aryl methyl sites for hydroxylation is 1. The number of nitrogens with zero attached hydrogens (tertiary/aromatic N) is 2. The second kappa shape index (κ2) is 9.54. The lowest BCUT2D eigenvalue weighted by Gasteiger charge is -2.19. The normalized spacial score (nSPS) is 16.2. The molecule has 0 fully saturated rings. The van der Waals surface area contributed by atoms with Crippen LogP contribution in [0.5, 0.6) is 0 Å². The van der Waals surface area contributed by atoms with E-state index in [1.807, 2.05) is 70.2 Å². The quantitative estimate of drug-likeness (QED) is 0.241. The summed E-state index contributed by atoms with van der Waals surface area (Å²) in [7, 11) is 0. The maximum atomic E-state index is 8.79. The third-order valence-corrected chi connectivity index (χ3v) is 6.39. The van der Waals surface area contributed by atoms with Gasteiger partial charge in [-0.05, 0) is 77.4 Å². The average Bonchev–Trinajstić information content (AvgIpc) is 3.28. The van der Waals surface area contributed by atoms with E-state index in [0.29, 0.717) is 28.2 Å². The van der Waals surface area contributed by atoms with Crippen molar-refractivity contribution in [3.05, 3.63) is 83.0 Å². The minimum atomic E-state index is -2.55. The Labute approximate surface area is 224 Å². The van der Waals surface area contributed by atoms with E-state index in [2.05, 4.69) is 4.98 Å². The predicted octanol–water partition coefficient (Wildman–Crippen LogP) is 9.46. The van der Waals surface area contributed by atoms with Gasteiger partial charge in [-0.15, -0.1) is 0 Å². The van der Waals surface area contributed by atoms with E-state index in [1.165, 1.54) is 12.3 Å². The second-order valence-electron chi connectivity index (χ2n) is 9.98. The maximum Gasteiger partial charge on any atom is 0.227 e. The van der Waals surface area contributed by atoms with Crippen molar-refractivity contribution < 1.29 is 14.0 Å². The van der Waals surface area contributed by atoms with E-state index in [0.717, 1.165) is 27.5 Å². The molecule has 0 saturated heterocycles. The predicted molar refractivity (Wildman–Crippen MR) is 152 cm³/mol. The second-order valence-corrected chi connectivity index (χ2v) is 9.98. The van der Waals surface area contributed by atoms with E-state index >= 15 is 0 Å². The molecule has 3 aromatic heterocycles. The number of para-hydroxylation sites is 1. The van der Waals surface area contributed by atoms with Gasteiger partial charge in [-0.25, -0.2) is 4.98 Å². The van der Waals surface area contributed by atoms with Gasteiger partial charge in [-0.2, -0.15) is 0 Å². The molecule has 3 nitrogen and oxygen atoms in total. The lowest BCUT2D eigenvalue weighted by Crippen LogP contribution is -2.00. The zero-order valence-corrected chi connectivity index (χ0v) is 21.7. The summed E-state index contributed by atoms with van der Waals surface area (Å²) in [6, 6.07) is 16.5. The number of benzene rings is 2. The first-order valence-electron chi connectivity index (χ1n) is 15.8. The summed E-state index contributed by atoms with van der Waals surface area (Å²) in [4.78, 5) is 9.42. The van der Waals surface area contributed by atoms with Crippen LogP contribution in [0.2, 0.25) is 0 Å². The van der Waals surface area contributed by atoms with Gasteiger partial charge in [0.15, 0.2) is 0 Å². The fourth-order valence-corrected chi connectivity index (χ4v) is 4.71. The summed E-state index contributed by atoms with van der Waals surface area (Å²) in [6.07, 6.45) is -0.546. The first-order valence-corrected chi connectivity index (χ1v) is 12.3. The fraction of sp³-hybridized carbons (Fsp3) is 0.333. The number of fused-ring (bicyclic) bond motifs is 3. The van der Waals surface area contributed by atoms with Crippen LogP contribution >= 0.6 is 0 Å². The molecule has 2 aromatic carbocycles. The van der Waals surface area contributed by atoms with Crippen molar-refractivity contribution in [1.29, 1.82) is 0 Å². The van der Waals surface area contributed by atoms with Crippen LogP contribution in [0, 0.1) is 12.8 Å². The zero-order valence-electron chi connectivity index (χ0n) is 28.7. The smallest absolute Gasteiger partial charge is 0.227 e. The maximum absolute atomic E-state index is 8.79. The van der Waals surface area contributed by atoms with Gasteiger partial charge in [0, 0.05) is 37.7 Å². The van der Waals surface area contributed by atoms with Gasteiger partial charge in [0.05, 0.1) is 11.4 Å². The molecule has 5 rings (SSSR count). The van der Waals surface area contributed by atoms with Crippen LogP contribution in [0.25, 0.3) is 44.6 Å². The van der Waals surface area contributed by atoms with E-state index in [-0.39, 0.29) is 11.1 Å². The van der Waals surface area contributed by atoms with Crippen LogP contribution < -0.4 is 0 Å². The molecule has 0 spiro atoms. The highest BCUT2D eigenvalue weighted by Gasteiger charge is 2.19. The third kappa shape index (κ3) is 4.32. The van der Waals surface area contributed by atoms with Crippen molar-refractivity contribution in [2.75, 3.05) is 0 Å². The summed E-state index contributed by atoms with van der Waals surface area (Å²) in [5, 5.41) is 1.54. The van der Waals surface area contributed by atoms with Gasteiger partial charge >= 0.3 is 0 Å². The van der Waals surface area contributed by atoms with Gasteiger partial charge in [0.2, 0.25) is 5.71 Å². The zero-order chi connectivity index (χ0) is 31.7. The van der Waals surface area contributed by atoms with Crippen LogP contribution in [0.15, 0.2) is 65.2 Å². The molecule has 0 aliphatic heterocycles. The molecule has 0 radical (unpaired) electrons. The van der Waals surface area contributed by atoms with Crippen LogP contribution in [-0.4, -0.2) is 9.97 Å². The molecule has 184 valence electrons. The highest BCUT2D eigenvalue weighted by molar-refractivity contribution is 6.08. The van der Waals surface area contributed by atoms with E-state index in [4.69, 9.17) is 19.0 Å². The molecular formula is C33H36N2O. The van der Waals surface area contributed by atoms with Gasteiger partial charge in [-0.1, -0.05) is 71.9 Å². The summed E-state index contributed by atoms with van der Waals surface area (Å²) in [6.45, 7) is 8.15. The fourth-order valence-electron chi connectivity index (χ4n) is 4.71. The topological polar surface area (TPSA) is 38.9 Å². The van der Waals surface area contributed by atoms with Crippen molar-refractivity contribution in [3.63, 3.8) is 0 Å². The Morgan fingerprint density at radius 2 is 1.61 bits per heavy atom. The Morgan fingerprint density at radius 1 is 0.889 bits per heavy atom. The first-order chi connectivity index (χ1) is 19.8. The summed E-state index contributed by atoms with van der Waals surface area (Å²) >= 11 is 0. The van der Waals surface area contributed by atoms with Gasteiger partial charge in [0.25, 0.3) is 0 Å². The molecule has 3 heterocycles. The molecule has 36 heavy (non-hydrogen) atoms. The van der Waals surface area contributed by atoms with Crippen molar-refractivity contribution in [2.24, 2.45) is 5.92 Å². The molecule has 0 aliphatic rings. The SMILES string of the molecule is [2H]C([2H])([2H])c1cc(-c2cccc3c2oc2nc(-c4c(C([2H])(C)C)cccc4C([2H])(C)C)ccc23)ncc1C([2H])([2H])C(C)C. The van der Waals surface area contributed by atoms with Crippen molar-refractivity contribution in [1.82, 2.24) is 9.97 Å². The Hall–Kier alpha value is -3.46. The van der Waals surface area contributed by atoms with E-state index < -0.39 is 30.9 Å². The number of hydrogen-bond acceptors (Lipinski definition) is 3. The third-order valence-electron chi connectivity index (χ3n) is 6.39. The Kier molecular flexibility index (Phi) is 4.52. The standard InChI is InChI=1S/C33H36N2O/c1-19(2)16-23-18-34-30(17-22(23)7)28-13-9-12-26-27-14-15-29(35-33(27)36-32(26)28)31-24(20(3)4)10-8-11-25(31)21(5)6/h8-15,17-21H,16H2,1-7H3/i7D3,16D2,20D,21D. The number of aromatic nitrogens is 2. The van der Waals surface area contributed by atoms with Crippen LogP contribution in [-0.2, 0) is 6.37 Å². The lowest BCUT2D eigenvalue weighted by atomic mass is 9.87.